The van der Waals surface area contributed by atoms with Crippen molar-refractivity contribution in [3.8, 4) is 0 Å². The molecule has 0 spiro atoms. The molecule has 0 nitrogen and oxygen atoms in total. The summed E-state index contributed by atoms with van der Waals surface area (Å²) in [5.74, 6) is 0. The van der Waals surface area contributed by atoms with Crippen LogP contribution in [0.2, 0.25) is 0 Å². The van der Waals surface area contributed by atoms with Crippen LogP contribution in [-0.4, -0.2) is 19.8 Å². The fourth-order valence-electron chi connectivity index (χ4n) is 0.690. The predicted octanol–water partition coefficient (Wildman–Crippen LogP) is 3.83. The van der Waals surface area contributed by atoms with E-state index in [9.17, 15) is 0 Å². The van der Waals surface area contributed by atoms with Crippen molar-refractivity contribution < 1.29 is 0 Å². The van der Waals surface area contributed by atoms with Gasteiger partial charge in [0.15, 0.2) is 0 Å². The standard InChI is InChI=1S/C6H10S6/c7-2-9-5-1-6(10-3-8)12-4-11-5/h1,5,7-8H,2-4H2. The summed E-state index contributed by atoms with van der Waals surface area (Å²) in [6.45, 7) is 0. The number of rotatable bonds is 4. The summed E-state index contributed by atoms with van der Waals surface area (Å²) >= 11 is 16.0. The maximum absolute atomic E-state index is 4.20. The van der Waals surface area contributed by atoms with Crippen LogP contribution in [-0.2, 0) is 0 Å². The minimum absolute atomic E-state index is 0.603. The molecule has 0 aromatic carbocycles. The normalized spacial score (nSPS) is 23.8. The minimum atomic E-state index is 0.603. The van der Waals surface area contributed by atoms with Gasteiger partial charge < -0.3 is 0 Å². The van der Waals surface area contributed by atoms with Crippen LogP contribution < -0.4 is 0 Å². The first-order chi connectivity index (χ1) is 5.86. The molecule has 1 atom stereocenters. The Morgan fingerprint density at radius 3 is 3.00 bits per heavy atom. The van der Waals surface area contributed by atoms with E-state index in [4.69, 9.17) is 0 Å². The van der Waals surface area contributed by atoms with Crippen molar-refractivity contribution in [1.29, 1.82) is 0 Å². The first kappa shape index (κ1) is 11.9. The van der Waals surface area contributed by atoms with Gasteiger partial charge in [-0.05, 0) is 6.08 Å². The van der Waals surface area contributed by atoms with Crippen LogP contribution in [0.3, 0.4) is 0 Å². The molecule has 0 saturated carbocycles. The lowest BCUT2D eigenvalue weighted by atomic mass is 10.7. The molecule has 1 heterocycles. The summed E-state index contributed by atoms with van der Waals surface area (Å²) in [5.41, 5.74) is 0. The zero-order chi connectivity index (χ0) is 8.81. The highest BCUT2D eigenvalue weighted by molar-refractivity contribution is 8.32. The van der Waals surface area contributed by atoms with E-state index in [0.29, 0.717) is 4.58 Å². The van der Waals surface area contributed by atoms with Crippen LogP contribution in [0.4, 0.5) is 0 Å². The lowest BCUT2D eigenvalue weighted by Gasteiger charge is -2.18. The molecule has 1 unspecified atom stereocenters. The van der Waals surface area contributed by atoms with E-state index in [1.54, 1.807) is 0 Å². The van der Waals surface area contributed by atoms with Gasteiger partial charge in [-0.1, -0.05) is 0 Å². The zero-order valence-corrected chi connectivity index (χ0v) is 11.4. The quantitative estimate of drug-likeness (QED) is 0.590. The van der Waals surface area contributed by atoms with E-state index in [2.05, 4.69) is 31.3 Å². The van der Waals surface area contributed by atoms with E-state index in [-0.39, 0.29) is 0 Å². The fraction of sp³-hybridized carbons (Fsp3) is 0.667. The molecule has 0 radical (unpaired) electrons. The van der Waals surface area contributed by atoms with E-state index in [0.717, 1.165) is 15.3 Å². The summed E-state index contributed by atoms with van der Waals surface area (Å²) in [6, 6.07) is 0. The van der Waals surface area contributed by atoms with Crippen LogP contribution in [0.15, 0.2) is 10.3 Å². The minimum Gasteiger partial charge on any atom is -0.168 e. The summed E-state index contributed by atoms with van der Waals surface area (Å²) in [5, 5.41) is 2.94. The highest BCUT2D eigenvalue weighted by Crippen LogP contribution is 2.42. The maximum atomic E-state index is 4.20. The second-order valence-corrected chi connectivity index (χ2v) is 8.56. The van der Waals surface area contributed by atoms with Crippen molar-refractivity contribution in [3.05, 3.63) is 10.3 Å². The Hall–Kier alpha value is 1.84. The molecule has 0 bridgehead atoms. The van der Waals surface area contributed by atoms with Crippen LogP contribution in [0.5, 0.6) is 0 Å². The Morgan fingerprint density at radius 1 is 1.50 bits per heavy atom. The molecule has 1 aliphatic heterocycles. The Bertz CT molecular complexity index is 156. The Kier molecular flexibility index (Phi) is 7.12. The zero-order valence-electron chi connectivity index (χ0n) is 6.30. The van der Waals surface area contributed by atoms with Crippen molar-refractivity contribution in [2.45, 2.75) is 4.58 Å². The predicted molar refractivity (Wildman–Crippen MR) is 74.8 cm³/mol. The average Bonchev–Trinajstić information content (AvgIpc) is 2.06. The Morgan fingerprint density at radius 2 is 2.33 bits per heavy atom. The van der Waals surface area contributed by atoms with Gasteiger partial charge in [-0.15, -0.1) is 47.0 Å². The number of hydrogen-bond donors (Lipinski definition) is 2. The van der Waals surface area contributed by atoms with Crippen molar-refractivity contribution >= 4 is 72.3 Å². The lowest BCUT2D eigenvalue weighted by molar-refractivity contribution is 1.64. The van der Waals surface area contributed by atoms with E-state index < -0.39 is 0 Å². The molecule has 0 amide bonds. The van der Waals surface area contributed by atoms with Gasteiger partial charge in [0.05, 0.1) is 4.58 Å². The highest BCUT2D eigenvalue weighted by Gasteiger charge is 2.13. The monoisotopic (exact) mass is 274 g/mol. The van der Waals surface area contributed by atoms with Crippen LogP contribution >= 0.6 is 72.3 Å². The van der Waals surface area contributed by atoms with Gasteiger partial charge in [-0.3, -0.25) is 0 Å². The van der Waals surface area contributed by atoms with Crippen LogP contribution in [0.1, 0.15) is 0 Å². The third kappa shape index (κ3) is 4.37. The molecule has 6 heteroatoms. The summed E-state index contributed by atoms with van der Waals surface area (Å²) in [6.07, 6.45) is 2.32. The number of hydrogen-bond acceptors (Lipinski definition) is 6. The molecule has 12 heavy (non-hydrogen) atoms. The molecule has 0 saturated heterocycles. The smallest absolute Gasteiger partial charge is 0.0717 e. The molecule has 0 aromatic heterocycles. The first-order valence-electron chi connectivity index (χ1n) is 3.29. The maximum Gasteiger partial charge on any atom is 0.0717 e. The molecular formula is C6H10S6. The van der Waals surface area contributed by atoms with Crippen molar-refractivity contribution in [2.75, 3.05) is 15.3 Å². The van der Waals surface area contributed by atoms with Crippen molar-refractivity contribution in [2.24, 2.45) is 0 Å². The van der Waals surface area contributed by atoms with Gasteiger partial charge in [0.25, 0.3) is 0 Å². The third-order valence-electron chi connectivity index (χ3n) is 1.15. The number of thiol groups is 2. The molecule has 1 aliphatic rings. The largest absolute Gasteiger partial charge is 0.168 e. The number of thioether (sulfide) groups is 4. The van der Waals surface area contributed by atoms with Gasteiger partial charge in [-0.25, -0.2) is 0 Å². The van der Waals surface area contributed by atoms with E-state index in [1.807, 2.05) is 47.0 Å². The van der Waals surface area contributed by atoms with Crippen LogP contribution in [0, 0.1) is 0 Å². The Balaban J connectivity index is 2.39. The topological polar surface area (TPSA) is 0 Å². The van der Waals surface area contributed by atoms with Crippen molar-refractivity contribution in [3.63, 3.8) is 0 Å². The first-order valence-corrected chi connectivity index (χ1v) is 8.62. The molecule has 70 valence electrons. The molecular weight excluding hydrogens is 264 g/mol. The SMILES string of the molecule is SCSC1=CC(SCS)SCS1. The summed E-state index contributed by atoms with van der Waals surface area (Å²) in [4.78, 5) is 0. The van der Waals surface area contributed by atoms with Crippen molar-refractivity contribution in [1.82, 2.24) is 0 Å². The van der Waals surface area contributed by atoms with Gasteiger partial charge >= 0.3 is 0 Å². The third-order valence-corrected chi connectivity index (χ3v) is 6.57. The molecule has 0 aliphatic carbocycles. The van der Waals surface area contributed by atoms with Gasteiger partial charge in [-0.2, -0.15) is 25.3 Å². The molecule has 0 aromatic rings. The average molecular weight is 275 g/mol. The fourth-order valence-corrected chi connectivity index (χ4v) is 7.01. The van der Waals surface area contributed by atoms with Gasteiger partial charge in [0, 0.05) is 19.5 Å². The Labute approximate surface area is 102 Å². The van der Waals surface area contributed by atoms with E-state index >= 15 is 0 Å². The lowest BCUT2D eigenvalue weighted by Crippen LogP contribution is -1.98. The second-order valence-electron chi connectivity index (χ2n) is 1.85. The van der Waals surface area contributed by atoms with Gasteiger partial charge in [0.2, 0.25) is 0 Å². The van der Waals surface area contributed by atoms with E-state index in [1.165, 1.54) is 4.24 Å². The second kappa shape index (κ2) is 7.17. The van der Waals surface area contributed by atoms with Crippen LogP contribution in [0.25, 0.3) is 0 Å². The summed E-state index contributed by atoms with van der Waals surface area (Å²) < 4.78 is 2.02. The molecule has 0 fully saturated rings. The molecule has 1 rings (SSSR count). The molecule has 0 N–H and O–H groups in total. The summed E-state index contributed by atoms with van der Waals surface area (Å²) in [7, 11) is 0. The van der Waals surface area contributed by atoms with Gasteiger partial charge in [0.1, 0.15) is 0 Å². The highest BCUT2D eigenvalue weighted by atomic mass is 32.3.